The van der Waals surface area contributed by atoms with Crippen LogP contribution in [0.25, 0.3) is 22.3 Å². The average Bonchev–Trinajstić information content (AvgIpc) is 3.45. The van der Waals surface area contributed by atoms with Crippen molar-refractivity contribution in [2.75, 3.05) is 24.1 Å². The number of pyridine rings is 1. The lowest BCUT2D eigenvalue weighted by Gasteiger charge is -2.34. The molecule has 0 radical (unpaired) electrons. The van der Waals surface area contributed by atoms with Crippen LogP contribution in [0.3, 0.4) is 0 Å². The van der Waals surface area contributed by atoms with E-state index < -0.39 is 5.60 Å². The number of benzene rings is 1. The second-order valence-corrected chi connectivity index (χ2v) is 12.1. The van der Waals surface area contributed by atoms with Gasteiger partial charge in [-0.05, 0) is 69.7 Å². The Morgan fingerprint density at radius 1 is 1.10 bits per heavy atom. The fourth-order valence-corrected chi connectivity index (χ4v) is 6.16. The average molecular weight is 575 g/mol. The Hall–Kier alpha value is -4.25. The van der Waals surface area contributed by atoms with E-state index >= 15 is 0 Å². The number of ether oxygens (including phenoxy) is 1. The van der Waals surface area contributed by atoms with Crippen LogP contribution in [0.15, 0.2) is 48.9 Å². The molecule has 1 saturated heterocycles. The quantitative estimate of drug-likeness (QED) is 0.339. The van der Waals surface area contributed by atoms with E-state index in [2.05, 4.69) is 20.3 Å². The molecule has 2 bridgehead atoms. The summed E-state index contributed by atoms with van der Waals surface area (Å²) in [6.07, 6.45) is 4.59. The highest BCUT2D eigenvalue weighted by atomic mass is 35.5. The Balaban J connectivity index is 1.31. The van der Waals surface area contributed by atoms with Crippen LogP contribution in [0.1, 0.15) is 50.0 Å². The number of nitrogens with two attached hydrogens (primary N) is 1. The predicted octanol–water partition coefficient (Wildman–Crippen LogP) is 5.19. The first-order valence-corrected chi connectivity index (χ1v) is 13.9. The minimum Gasteiger partial charge on any atom is -0.444 e. The van der Waals surface area contributed by atoms with E-state index in [1.165, 1.54) is 6.33 Å². The minimum atomic E-state index is -0.553. The van der Waals surface area contributed by atoms with Gasteiger partial charge in [-0.15, -0.1) is 0 Å². The summed E-state index contributed by atoms with van der Waals surface area (Å²) >= 11 is 6.74. The summed E-state index contributed by atoms with van der Waals surface area (Å²) in [6.45, 7) is 6.85. The van der Waals surface area contributed by atoms with Gasteiger partial charge in [-0.1, -0.05) is 23.7 Å². The summed E-state index contributed by atoms with van der Waals surface area (Å²) < 4.78 is 7.56. The highest BCUT2D eigenvalue weighted by molar-refractivity contribution is 6.34. The molecular weight excluding hydrogens is 544 g/mol. The molecule has 1 aliphatic carbocycles. The lowest BCUT2D eigenvalue weighted by Crippen LogP contribution is -2.44. The SMILES string of the molecule is CC(C)(C)OC(=O)N1CC2C[C@H](CC2n2nc(-c3ccc(C(=O)Nc4ccccn4)cc3Cl)c3c(N)ncnc32)C1. The third-order valence-corrected chi connectivity index (χ3v) is 7.88. The van der Waals surface area contributed by atoms with Crippen LogP contribution in [-0.2, 0) is 4.74 Å². The van der Waals surface area contributed by atoms with Crippen molar-refractivity contribution >= 4 is 46.3 Å². The van der Waals surface area contributed by atoms with E-state index in [4.69, 9.17) is 27.2 Å². The van der Waals surface area contributed by atoms with Gasteiger partial charge in [0.2, 0.25) is 0 Å². The maximum absolute atomic E-state index is 12.8. The lowest BCUT2D eigenvalue weighted by molar-refractivity contribution is 0.0146. The number of anilines is 2. The van der Waals surface area contributed by atoms with Gasteiger partial charge in [0, 0.05) is 30.4 Å². The summed E-state index contributed by atoms with van der Waals surface area (Å²) in [5, 5.41) is 8.71. The summed E-state index contributed by atoms with van der Waals surface area (Å²) in [5.41, 5.74) is 7.96. The van der Waals surface area contributed by atoms with Gasteiger partial charge in [0.15, 0.2) is 5.65 Å². The van der Waals surface area contributed by atoms with Crippen LogP contribution >= 0.6 is 11.6 Å². The first-order chi connectivity index (χ1) is 19.6. The Kier molecular flexibility index (Phi) is 6.77. The van der Waals surface area contributed by atoms with Crippen molar-refractivity contribution in [1.82, 2.24) is 29.6 Å². The molecule has 1 saturated carbocycles. The number of carbonyl (C=O) groups excluding carboxylic acids is 2. The molecule has 2 amide bonds. The van der Waals surface area contributed by atoms with Crippen molar-refractivity contribution in [3.63, 3.8) is 0 Å². The maximum Gasteiger partial charge on any atom is 0.410 e. The first kappa shape index (κ1) is 26.9. The molecule has 1 aromatic carbocycles. The molecule has 2 unspecified atom stereocenters. The van der Waals surface area contributed by atoms with E-state index in [0.29, 0.717) is 63.5 Å². The zero-order valence-electron chi connectivity index (χ0n) is 23.0. The number of nitrogens with zero attached hydrogens (tertiary/aromatic N) is 6. The number of fused-ring (bicyclic) bond motifs is 3. The van der Waals surface area contributed by atoms with Crippen LogP contribution in [0.2, 0.25) is 5.02 Å². The van der Waals surface area contributed by atoms with Gasteiger partial charge in [0.1, 0.15) is 29.3 Å². The van der Waals surface area contributed by atoms with Gasteiger partial charge < -0.3 is 20.7 Å². The zero-order chi connectivity index (χ0) is 28.9. The summed E-state index contributed by atoms with van der Waals surface area (Å²) in [5.74, 6) is 0.915. The highest BCUT2D eigenvalue weighted by Crippen LogP contribution is 2.46. The van der Waals surface area contributed by atoms with Gasteiger partial charge in [-0.2, -0.15) is 5.10 Å². The predicted molar refractivity (Wildman–Crippen MR) is 155 cm³/mol. The second kappa shape index (κ2) is 10.3. The number of carbonyl (C=O) groups is 2. The van der Waals surface area contributed by atoms with Crippen LogP contribution in [0.4, 0.5) is 16.4 Å². The Bertz CT molecular complexity index is 1630. The molecule has 4 heterocycles. The van der Waals surface area contributed by atoms with Gasteiger partial charge in [0.25, 0.3) is 5.91 Å². The van der Waals surface area contributed by atoms with Gasteiger partial charge in [-0.25, -0.2) is 24.4 Å². The van der Waals surface area contributed by atoms with Crippen LogP contribution in [0, 0.1) is 11.8 Å². The van der Waals surface area contributed by atoms with Crippen molar-refractivity contribution in [3.05, 3.63) is 59.5 Å². The maximum atomic E-state index is 12.8. The molecule has 3 atom stereocenters. The third-order valence-electron chi connectivity index (χ3n) is 7.57. The first-order valence-electron chi connectivity index (χ1n) is 13.6. The topological polar surface area (TPSA) is 141 Å². The molecule has 2 fully saturated rings. The molecule has 4 aromatic rings. The zero-order valence-corrected chi connectivity index (χ0v) is 23.8. The number of likely N-dealkylation sites (tertiary alicyclic amines) is 1. The minimum absolute atomic E-state index is 0.0141. The van der Waals surface area contributed by atoms with Crippen molar-refractivity contribution < 1.29 is 14.3 Å². The number of aromatic nitrogens is 5. The molecule has 0 spiro atoms. The second-order valence-electron chi connectivity index (χ2n) is 11.7. The molecule has 3 N–H and O–H groups in total. The standard InChI is InChI=1S/C29H31ClN8O3/c1-29(2,3)41-28(40)37-13-16-10-18(14-37)21(11-16)38-26-23(25(31)33-15-34-26)24(36-38)19-8-7-17(12-20(19)30)27(39)35-22-6-4-5-9-32-22/h4-9,12,15-16,18,21H,10-11,13-14H2,1-3H3,(H2,31,33,34)(H,32,35,39)/t16-,18?,21?/m1/s1. The van der Waals surface area contributed by atoms with Crippen molar-refractivity contribution in [2.24, 2.45) is 11.8 Å². The fraction of sp³-hybridized carbons (Fsp3) is 0.379. The van der Waals surface area contributed by atoms with E-state index in [0.717, 1.165) is 12.8 Å². The Morgan fingerprint density at radius 3 is 2.66 bits per heavy atom. The monoisotopic (exact) mass is 574 g/mol. The molecule has 6 rings (SSSR count). The van der Waals surface area contributed by atoms with E-state index in [9.17, 15) is 9.59 Å². The lowest BCUT2D eigenvalue weighted by atomic mass is 9.98. The number of nitrogens with one attached hydrogen (secondary N) is 1. The molecule has 2 aliphatic rings. The number of hydrogen-bond acceptors (Lipinski definition) is 8. The van der Waals surface area contributed by atoms with Gasteiger partial charge in [0.05, 0.1) is 16.5 Å². The molecule has 12 heteroatoms. The van der Waals surface area contributed by atoms with Crippen LogP contribution in [0.5, 0.6) is 0 Å². The van der Waals surface area contributed by atoms with Crippen molar-refractivity contribution in [1.29, 1.82) is 0 Å². The van der Waals surface area contributed by atoms with Gasteiger partial charge in [-0.3, -0.25) is 4.79 Å². The summed E-state index contributed by atoms with van der Waals surface area (Å²) in [7, 11) is 0. The van der Waals surface area contributed by atoms with Gasteiger partial charge >= 0.3 is 6.09 Å². The third kappa shape index (κ3) is 5.29. The number of piperidine rings is 1. The molecule has 212 valence electrons. The molecule has 1 aliphatic heterocycles. The van der Waals surface area contributed by atoms with E-state index in [1.54, 1.807) is 42.6 Å². The number of halogens is 1. The largest absolute Gasteiger partial charge is 0.444 e. The smallest absolute Gasteiger partial charge is 0.410 e. The highest BCUT2D eigenvalue weighted by Gasteiger charge is 2.44. The van der Waals surface area contributed by atoms with Crippen molar-refractivity contribution in [3.8, 4) is 11.3 Å². The molecule has 3 aromatic heterocycles. The number of hydrogen-bond donors (Lipinski definition) is 2. The Labute approximate surface area is 242 Å². The van der Waals surface area contributed by atoms with E-state index in [1.807, 2.05) is 30.4 Å². The summed E-state index contributed by atoms with van der Waals surface area (Å²) in [6, 6.07) is 10.3. The molecular formula is C29H31ClN8O3. The Morgan fingerprint density at radius 2 is 1.93 bits per heavy atom. The van der Waals surface area contributed by atoms with E-state index in [-0.39, 0.29) is 24.0 Å². The normalized spacial score (nSPS) is 20.3. The summed E-state index contributed by atoms with van der Waals surface area (Å²) in [4.78, 5) is 40.4. The number of rotatable bonds is 4. The van der Waals surface area contributed by atoms with Crippen molar-refractivity contribution in [2.45, 2.75) is 45.3 Å². The molecule has 41 heavy (non-hydrogen) atoms. The number of amides is 2. The molecule has 11 nitrogen and oxygen atoms in total. The fourth-order valence-electron chi connectivity index (χ4n) is 5.89. The van der Waals surface area contributed by atoms with Crippen LogP contribution < -0.4 is 11.1 Å². The number of nitrogen functional groups attached to an aromatic ring is 1. The van der Waals surface area contributed by atoms with Crippen LogP contribution in [-0.4, -0.2) is 60.3 Å².